The third-order valence-corrected chi connectivity index (χ3v) is 5.26. The molecule has 1 fully saturated rings. The zero-order valence-corrected chi connectivity index (χ0v) is 19.2. The molecule has 10 heteroatoms. The van der Waals surface area contributed by atoms with Gasteiger partial charge in [-0.15, -0.1) is 0 Å². The molecule has 0 aromatic carbocycles. The molecule has 2 rings (SSSR count). The highest BCUT2D eigenvalue weighted by molar-refractivity contribution is 5.94. The van der Waals surface area contributed by atoms with Crippen molar-refractivity contribution in [2.75, 3.05) is 13.7 Å². The fourth-order valence-corrected chi connectivity index (χ4v) is 3.55. The van der Waals surface area contributed by atoms with E-state index in [2.05, 4.69) is 19.7 Å². The van der Waals surface area contributed by atoms with Gasteiger partial charge in [-0.05, 0) is 31.6 Å². The lowest BCUT2D eigenvalue weighted by Gasteiger charge is -2.34. The highest BCUT2D eigenvalue weighted by atomic mass is 16.6. The molecule has 0 unspecified atom stereocenters. The van der Waals surface area contributed by atoms with E-state index in [0.717, 1.165) is 13.2 Å². The minimum atomic E-state index is -1.64. The second-order valence-corrected chi connectivity index (χ2v) is 8.05. The van der Waals surface area contributed by atoms with Crippen molar-refractivity contribution in [3.8, 4) is 0 Å². The molecule has 1 saturated heterocycles. The summed E-state index contributed by atoms with van der Waals surface area (Å²) in [6.45, 7) is 13.0. The summed E-state index contributed by atoms with van der Waals surface area (Å²) in [6, 6.07) is 0. The van der Waals surface area contributed by atoms with E-state index in [-0.39, 0.29) is 34.3 Å². The second-order valence-electron chi connectivity index (χ2n) is 8.05. The first kappa shape index (κ1) is 26.7. The molecule has 0 radical (unpaired) electrons. The highest BCUT2D eigenvalue weighted by Gasteiger charge is 2.51. The summed E-state index contributed by atoms with van der Waals surface area (Å²) in [5, 5.41) is 20.3. The normalized spacial score (nSPS) is 29.9. The largest absolute Gasteiger partial charge is 0.466 e. The number of fused-ring (bicyclic) bond motifs is 1. The number of ether oxygens (including phenoxy) is 4. The van der Waals surface area contributed by atoms with Gasteiger partial charge in [-0.25, -0.2) is 19.2 Å². The van der Waals surface area contributed by atoms with Gasteiger partial charge >= 0.3 is 23.9 Å². The fraction of sp³-hybridized carbons (Fsp3) is 0.417. The molecule has 184 valence electrons. The van der Waals surface area contributed by atoms with E-state index in [1.54, 1.807) is 0 Å². The summed E-state index contributed by atoms with van der Waals surface area (Å²) < 4.78 is 21.3. The van der Waals surface area contributed by atoms with E-state index in [1.165, 1.54) is 19.9 Å². The Morgan fingerprint density at radius 1 is 1.12 bits per heavy atom. The molecule has 0 bridgehead atoms. The van der Waals surface area contributed by atoms with Gasteiger partial charge in [0.1, 0.15) is 6.10 Å². The van der Waals surface area contributed by atoms with Crippen LogP contribution in [0.25, 0.3) is 0 Å². The highest BCUT2D eigenvalue weighted by Crippen LogP contribution is 2.38. The summed E-state index contributed by atoms with van der Waals surface area (Å²) in [4.78, 5) is 50.2. The Balaban J connectivity index is 2.82. The Morgan fingerprint density at radius 2 is 1.71 bits per heavy atom. The number of rotatable bonds is 6. The van der Waals surface area contributed by atoms with Crippen LogP contribution in [-0.2, 0) is 38.1 Å². The summed E-state index contributed by atoms with van der Waals surface area (Å²) in [7, 11) is 1.07. The van der Waals surface area contributed by atoms with Crippen LogP contribution in [0.5, 0.6) is 0 Å². The predicted molar refractivity (Wildman–Crippen MR) is 118 cm³/mol. The number of hydrogen-bond acceptors (Lipinski definition) is 10. The maximum absolute atomic E-state index is 12.7. The van der Waals surface area contributed by atoms with E-state index < -0.39 is 60.8 Å². The number of carbonyl (C=O) groups excluding carboxylic acids is 4. The van der Waals surface area contributed by atoms with Crippen molar-refractivity contribution in [3.63, 3.8) is 0 Å². The van der Waals surface area contributed by atoms with Gasteiger partial charge in [-0.1, -0.05) is 19.7 Å². The van der Waals surface area contributed by atoms with E-state index in [1.807, 2.05) is 0 Å². The van der Waals surface area contributed by atoms with Gasteiger partial charge in [0.25, 0.3) is 0 Å². The molecule has 10 nitrogen and oxygen atoms in total. The average molecular weight is 476 g/mol. The zero-order valence-electron chi connectivity index (χ0n) is 19.2. The molecule has 0 amide bonds. The van der Waals surface area contributed by atoms with Gasteiger partial charge < -0.3 is 29.2 Å². The molecule has 2 aliphatic rings. The second kappa shape index (κ2) is 11.1. The lowest BCUT2D eigenvalue weighted by atomic mass is 9.83. The van der Waals surface area contributed by atoms with Crippen molar-refractivity contribution in [1.82, 2.24) is 0 Å². The molecule has 1 aliphatic carbocycles. The number of methoxy groups -OCH3 is 1. The molecule has 34 heavy (non-hydrogen) atoms. The topological polar surface area (TPSA) is 146 Å². The molecular formula is C24H28O10. The predicted octanol–water partition coefficient (Wildman–Crippen LogP) is 0.843. The van der Waals surface area contributed by atoms with Crippen molar-refractivity contribution in [3.05, 3.63) is 59.8 Å². The van der Waals surface area contributed by atoms with Crippen LogP contribution in [0, 0.1) is 5.92 Å². The van der Waals surface area contributed by atoms with Crippen molar-refractivity contribution >= 4 is 23.9 Å². The molecule has 1 aliphatic heterocycles. The molecule has 1 heterocycles. The molecular weight excluding hydrogens is 448 g/mol. The van der Waals surface area contributed by atoms with Gasteiger partial charge in [-0.2, -0.15) is 0 Å². The van der Waals surface area contributed by atoms with Gasteiger partial charge in [-0.3, -0.25) is 0 Å². The lowest BCUT2D eigenvalue weighted by molar-refractivity contribution is -0.166. The van der Waals surface area contributed by atoms with Crippen LogP contribution < -0.4 is 0 Å². The van der Waals surface area contributed by atoms with Gasteiger partial charge in [0.2, 0.25) is 0 Å². The standard InChI is InChI=1S/C24H28O10/c1-11(2)21(27)33-19-16(24(30)31-6)9-15(26)7-14(10-25)8-17-18(13(5)23(29)32-17)20(19)34-22(28)12(3)4/h8-9,15,17-20,25-26H,1,3,5,7,10H2,2,4,6H3/b14-8+,16-9+/t15-,17+,18+,19-,20+/m1/s1. The van der Waals surface area contributed by atoms with Gasteiger partial charge in [0.15, 0.2) is 12.2 Å². The smallest absolute Gasteiger partial charge is 0.337 e. The quantitative estimate of drug-likeness (QED) is 0.245. The van der Waals surface area contributed by atoms with Crippen LogP contribution in [0.2, 0.25) is 0 Å². The number of carbonyl (C=O) groups is 4. The van der Waals surface area contributed by atoms with Crippen LogP contribution in [0.4, 0.5) is 0 Å². The van der Waals surface area contributed by atoms with Crippen molar-refractivity contribution in [2.24, 2.45) is 5.92 Å². The van der Waals surface area contributed by atoms with E-state index in [4.69, 9.17) is 18.9 Å². The van der Waals surface area contributed by atoms with Crippen molar-refractivity contribution < 1.29 is 48.3 Å². The summed E-state index contributed by atoms with van der Waals surface area (Å²) in [6.07, 6.45) is -3.27. The van der Waals surface area contributed by atoms with Crippen molar-refractivity contribution in [2.45, 2.75) is 44.7 Å². The molecule has 5 atom stereocenters. The monoisotopic (exact) mass is 476 g/mol. The Labute approximate surface area is 196 Å². The van der Waals surface area contributed by atoms with Crippen LogP contribution in [0.15, 0.2) is 59.8 Å². The lowest BCUT2D eigenvalue weighted by Crippen LogP contribution is -2.47. The average Bonchev–Trinajstić information content (AvgIpc) is 3.05. The van der Waals surface area contributed by atoms with Gasteiger partial charge in [0.05, 0.1) is 31.3 Å². The third-order valence-electron chi connectivity index (χ3n) is 5.26. The Bertz CT molecular complexity index is 986. The minimum Gasteiger partial charge on any atom is -0.466 e. The van der Waals surface area contributed by atoms with E-state index >= 15 is 0 Å². The zero-order chi connectivity index (χ0) is 25.7. The van der Waals surface area contributed by atoms with Crippen LogP contribution in [0.3, 0.4) is 0 Å². The van der Waals surface area contributed by atoms with Crippen LogP contribution in [-0.4, -0.2) is 72.2 Å². The Morgan fingerprint density at radius 3 is 2.24 bits per heavy atom. The third kappa shape index (κ3) is 5.89. The summed E-state index contributed by atoms with van der Waals surface area (Å²) in [5.41, 5.74) is -0.213. The Hall–Kier alpha value is -3.50. The SMILES string of the molecule is C=C(C)C(=O)O[C@H]1[C@H]2C(=C)C(=O)O[C@H]2/C=C(/CO)C[C@@H](O)/C=C(/C(=O)OC)[C@H]1OC(=O)C(=C)C. The first-order valence-electron chi connectivity index (χ1n) is 10.3. The first-order chi connectivity index (χ1) is 15.9. The molecule has 0 aromatic heterocycles. The maximum Gasteiger partial charge on any atom is 0.337 e. The maximum atomic E-state index is 12.7. The van der Waals surface area contributed by atoms with E-state index in [9.17, 15) is 29.4 Å². The van der Waals surface area contributed by atoms with Crippen LogP contribution in [0.1, 0.15) is 20.3 Å². The minimum absolute atomic E-state index is 0.00954. The first-order valence-corrected chi connectivity index (χ1v) is 10.3. The number of hydrogen-bond donors (Lipinski definition) is 2. The van der Waals surface area contributed by atoms with Gasteiger partial charge in [0, 0.05) is 23.1 Å². The number of aliphatic hydroxyl groups is 2. The van der Waals surface area contributed by atoms with Crippen LogP contribution >= 0.6 is 0 Å². The fourth-order valence-electron chi connectivity index (χ4n) is 3.55. The summed E-state index contributed by atoms with van der Waals surface area (Å²) in [5.74, 6) is -4.75. The molecule has 0 aromatic rings. The molecule has 0 saturated carbocycles. The molecule has 0 spiro atoms. The number of esters is 4. The van der Waals surface area contributed by atoms with Crippen molar-refractivity contribution in [1.29, 1.82) is 0 Å². The van der Waals surface area contributed by atoms with E-state index in [0.29, 0.717) is 0 Å². The summed E-state index contributed by atoms with van der Waals surface area (Å²) >= 11 is 0. The number of aliphatic hydroxyl groups excluding tert-OH is 2. The molecule has 2 N–H and O–H groups in total. The Kier molecular flexibility index (Phi) is 8.72.